The molecule has 2 heterocycles. The van der Waals surface area contributed by atoms with E-state index in [0.717, 1.165) is 0 Å². The summed E-state index contributed by atoms with van der Waals surface area (Å²) in [5, 5.41) is 10.3. The molecule has 0 bridgehead atoms. The van der Waals surface area contributed by atoms with Crippen molar-refractivity contribution in [2.75, 3.05) is 63.0 Å². The summed E-state index contributed by atoms with van der Waals surface area (Å²) in [5.74, 6) is 0. The number of rotatable bonds is 11. The molecule has 11 nitrogen and oxygen atoms in total. The third-order valence-corrected chi connectivity index (χ3v) is 5.51. The van der Waals surface area contributed by atoms with Crippen LogP contribution in [0.15, 0.2) is 0 Å². The summed E-state index contributed by atoms with van der Waals surface area (Å²) >= 11 is 0. The Hall–Kier alpha value is -0.440. The van der Waals surface area contributed by atoms with Gasteiger partial charge in [0, 0.05) is 49.8 Å². The monoisotopic (exact) mass is 440 g/mol. The molecule has 1 N–H and O–H groups in total. The van der Waals surface area contributed by atoms with Crippen molar-refractivity contribution >= 4 is 0 Å². The van der Waals surface area contributed by atoms with Gasteiger partial charge in [-0.3, -0.25) is 0 Å². The Labute approximate surface area is 177 Å². The first-order chi connectivity index (χ1) is 14.5. The van der Waals surface area contributed by atoms with Crippen molar-refractivity contribution in [2.24, 2.45) is 0 Å². The minimum atomic E-state index is -1.20. The molecule has 0 aliphatic carbocycles. The number of methoxy groups -OCH3 is 7. The Morgan fingerprint density at radius 3 is 1.50 bits per heavy atom. The topological polar surface area (TPSA) is 113 Å². The van der Waals surface area contributed by atoms with Crippen LogP contribution in [0, 0.1) is 0 Å². The molecule has 0 aromatic rings. The van der Waals surface area contributed by atoms with Gasteiger partial charge < -0.3 is 52.5 Å². The maximum atomic E-state index is 10.3. The molecule has 2 saturated heterocycles. The smallest absolute Gasteiger partial charge is 0.187 e. The van der Waals surface area contributed by atoms with Gasteiger partial charge in [0.1, 0.15) is 48.8 Å². The van der Waals surface area contributed by atoms with Crippen LogP contribution in [0.4, 0.5) is 0 Å². The van der Waals surface area contributed by atoms with E-state index in [2.05, 4.69) is 0 Å². The van der Waals surface area contributed by atoms with E-state index < -0.39 is 61.4 Å². The summed E-state index contributed by atoms with van der Waals surface area (Å²) < 4.78 is 56.6. The molecule has 11 heteroatoms. The Bertz CT molecular complexity index is 481. The average molecular weight is 440 g/mol. The standard InChI is InChI=1S/C19H36O11/c1-21-8-10-12(23-3)14(24-4)17(27-7)19(29-10)30-13-11(9-22-2)28-18(20)16(26-6)15(13)25-5/h10-20H,8-9H2,1-7H3/t10-,11-,12-,13-,14+,15+,16-,17-,18-,19-/m1/s1. The average Bonchev–Trinajstić information content (AvgIpc) is 2.74. The van der Waals surface area contributed by atoms with Gasteiger partial charge in [-0.25, -0.2) is 0 Å². The fraction of sp³-hybridized carbons (Fsp3) is 1.00. The molecule has 0 unspecified atom stereocenters. The fourth-order valence-electron chi connectivity index (χ4n) is 4.12. The third kappa shape index (κ3) is 5.48. The van der Waals surface area contributed by atoms with Gasteiger partial charge in [-0.1, -0.05) is 0 Å². The maximum absolute atomic E-state index is 10.3. The van der Waals surface area contributed by atoms with Gasteiger partial charge >= 0.3 is 0 Å². The molecular weight excluding hydrogens is 404 g/mol. The largest absolute Gasteiger partial charge is 0.382 e. The zero-order chi connectivity index (χ0) is 22.3. The third-order valence-electron chi connectivity index (χ3n) is 5.51. The van der Waals surface area contributed by atoms with Crippen molar-refractivity contribution in [1.82, 2.24) is 0 Å². The second-order valence-electron chi connectivity index (χ2n) is 7.12. The number of ether oxygens (including phenoxy) is 10. The fourth-order valence-corrected chi connectivity index (χ4v) is 4.12. The van der Waals surface area contributed by atoms with Crippen LogP contribution in [0.1, 0.15) is 0 Å². The highest BCUT2D eigenvalue weighted by Crippen LogP contribution is 2.33. The lowest BCUT2D eigenvalue weighted by Crippen LogP contribution is -2.65. The van der Waals surface area contributed by atoms with Crippen molar-refractivity contribution in [3.05, 3.63) is 0 Å². The molecule has 2 fully saturated rings. The first kappa shape index (κ1) is 25.8. The molecule has 30 heavy (non-hydrogen) atoms. The zero-order valence-electron chi connectivity index (χ0n) is 18.7. The van der Waals surface area contributed by atoms with Gasteiger partial charge in [0.25, 0.3) is 0 Å². The Morgan fingerprint density at radius 2 is 1.03 bits per heavy atom. The predicted molar refractivity (Wildman–Crippen MR) is 102 cm³/mol. The van der Waals surface area contributed by atoms with E-state index in [0.29, 0.717) is 0 Å². The molecule has 0 spiro atoms. The highest BCUT2D eigenvalue weighted by molar-refractivity contribution is 4.96. The Balaban J connectivity index is 2.31. The van der Waals surface area contributed by atoms with Crippen molar-refractivity contribution in [1.29, 1.82) is 0 Å². The number of aliphatic hydroxyl groups excluding tert-OH is 1. The number of hydrogen-bond donors (Lipinski definition) is 1. The highest BCUT2D eigenvalue weighted by atomic mass is 16.7. The minimum Gasteiger partial charge on any atom is -0.382 e. The molecule has 0 amide bonds. The Morgan fingerprint density at radius 1 is 0.567 bits per heavy atom. The zero-order valence-corrected chi connectivity index (χ0v) is 18.7. The quantitative estimate of drug-likeness (QED) is 0.435. The summed E-state index contributed by atoms with van der Waals surface area (Å²) in [4.78, 5) is 0. The van der Waals surface area contributed by atoms with E-state index in [4.69, 9.17) is 47.4 Å². The van der Waals surface area contributed by atoms with Gasteiger partial charge in [-0.05, 0) is 0 Å². The summed E-state index contributed by atoms with van der Waals surface area (Å²) in [6.07, 6.45) is -6.77. The Kier molecular flexibility index (Phi) is 10.8. The second-order valence-corrected chi connectivity index (χ2v) is 7.12. The first-order valence-electron chi connectivity index (χ1n) is 9.77. The van der Waals surface area contributed by atoms with Crippen LogP contribution in [-0.2, 0) is 47.4 Å². The molecule has 0 radical (unpaired) electrons. The van der Waals surface area contributed by atoms with Crippen molar-refractivity contribution in [2.45, 2.75) is 61.4 Å². The summed E-state index contributed by atoms with van der Waals surface area (Å²) in [6.45, 7) is 0.433. The van der Waals surface area contributed by atoms with E-state index in [9.17, 15) is 5.11 Å². The lowest BCUT2D eigenvalue weighted by atomic mass is 9.96. The van der Waals surface area contributed by atoms with Gasteiger partial charge in [0.2, 0.25) is 0 Å². The van der Waals surface area contributed by atoms with E-state index in [1.165, 1.54) is 21.3 Å². The molecule has 178 valence electrons. The first-order valence-corrected chi connectivity index (χ1v) is 9.77. The van der Waals surface area contributed by atoms with Gasteiger partial charge in [0.15, 0.2) is 12.6 Å². The van der Waals surface area contributed by atoms with Gasteiger partial charge in [-0.2, -0.15) is 0 Å². The number of aliphatic hydroxyl groups is 1. The molecular formula is C19H36O11. The minimum absolute atomic E-state index is 0.165. The van der Waals surface area contributed by atoms with Crippen molar-refractivity contribution in [3.63, 3.8) is 0 Å². The predicted octanol–water partition coefficient (Wildman–Crippen LogP) is -0.818. The normalized spacial score (nSPS) is 42.4. The van der Waals surface area contributed by atoms with Crippen molar-refractivity contribution < 1.29 is 52.5 Å². The van der Waals surface area contributed by atoms with Crippen LogP contribution < -0.4 is 0 Å². The van der Waals surface area contributed by atoms with Crippen LogP contribution in [0.3, 0.4) is 0 Å². The molecule has 0 saturated carbocycles. The van der Waals surface area contributed by atoms with E-state index in [-0.39, 0.29) is 13.2 Å². The van der Waals surface area contributed by atoms with Crippen LogP contribution in [0.5, 0.6) is 0 Å². The molecule has 0 aromatic carbocycles. The summed E-state index contributed by atoms with van der Waals surface area (Å²) in [7, 11) is 10.8. The van der Waals surface area contributed by atoms with E-state index in [1.807, 2.05) is 0 Å². The van der Waals surface area contributed by atoms with E-state index >= 15 is 0 Å². The van der Waals surface area contributed by atoms with Gasteiger partial charge in [-0.15, -0.1) is 0 Å². The molecule has 2 aliphatic rings. The van der Waals surface area contributed by atoms with Crippen molar-refractivity contribution in [3.8, 4) is 0 Å². The summed E-state index contributed by atoms with van der Waals surface area (Å²) in [5.41, 5.74) is 0. The molecule has 2 aliphatic heterocycles. The maximum Gasteiger partial charge on any atom is 0.187 e. The van der Waals surface area contributed by atoms with E-state index in [1.54, 1.807) is 28.4 Å². The molecule has 0 aromatic heterocycles. The van der Waals surface area contributed by atoms with Crippen LogP contribution in [-0.4, -0.2) is 130 Å². The van der Waals surface area contributed by atoms with Crippen LogP contribution >= 0.6 is 0 Å². The molecule has 2 rings (SSSR count). The number of hydrogen-bond acceptors (Lipinski definition) is 11. The van der Waals surface area contributed by atoms with Crippen LogP contribution in [0.2, 0.25) is 0 Å². The second kappa shape index (κ2) is 12.6. The van der Waals surface area contributed by atoms with Crippen LogP contribution in [0.25, 0.3) is 0 Å². The van der Waals surface area contributed by atoms with Gasteiger partial charge in [0.05, 0.1) is 13.2 Å². The molecule has 10 atom stereocenters. The lowest BCUT2D eigenvalue weighted by molar-refractivity contribution is -0.363. The lowest BCUT2D eigenvalue weighted by Gasteiger charge is -2.48. The highest BCUT2D eigenvalue weighted by Gasteiger charge is 2.52. The SMILES string of the molecule is COC[C@H]1O[C@@H](O)[C@H](OC)[C@@H](OC)[C@@H]1O[C@H]1O[C@H](COC)[C@@H](OC)[C@H](OC)[C@H]1OC. The summed E-state index contributed by atoms with van der Waals surface area (Å²) in [6, 6.07) is 0.